The third-order valence-corrected chi connectivity index (χ3v) is 5.66. The van der Waals surface area contributed by atoms with Gasteiger partial charge < -0.3 is 15.3 Å². The third kappa shape index (κ3) is 6.62. The molecule has 0 rings (SSSR count). The number of rotatable bonds is 16. The van der Waals surface area contributed by atoms with Crippen molar-refractivity contribution in [3.63, 3.8) is 0 Å². The molecule has 0 aromatic carbocycles. The highest BCUT2D eigenvalue weighted by atomic mass is 16.4. The van der Waals surface area contributed by atoms with Gasteiger partial charge in [0.15, 0.2) is 18.1 Å². The summed E-state index contributed by atoms with van der Waals surface area (Å²) in [5.74, 6) is -3.39. The van der Waals surface area contributed by atoms with Crippen LogP contribution in [0.1, 0.15) is 79.1 Å². The molecule has 0 aliphatic heterocycles. The first-order valence-electron chi connectivity index (χ1n) is 10.4. The fraction of sp³-hybridized carbons (Fsp3) is 0.762. The maximum atomic E-state index is 12.1. The Labute approximate surface area is 168 Å². The molecule has 0 bridgehead atoms. The monoisotopic (exact) mass is 400 g/mol. The van der Waals surface area contributed by atoms with Crippen molar-refractivity contribution < 1.29 is 34.2 Å². The SMILES string of the molecule is C/C=C/CCCCCC[N+](C(CC)C(=O)O)(C(CC)C(=O)O)C(CC)C(=O)O. The van der Waals surface area contributed by atoms with Gasteiger partial charge in [0.25, 0.3) is 0 Å². The number of unbranched alkanes of at least 4 members (excludes halogenated alkanes) is 4. The molecule has 0 heterocycles. The van der Waals surface area contributed by atoms with E-state index in [0.717, 1.165) is 25.7 Å². The topological polar surface area (TPSA) is 112 Å². The van der Waals surface area contributed by atoms with E-state index in [1.165, 1.54) is 0 Å². The van der Waals surface area contributed by atoms with Crippen molar-refractivity contribution in [2.24, 2.45) is 0 Å². The third-order valence-electron chi connectivity index (χ3n) is 5.66. The number of quaternary nitrogens is 1. The summed E-state index contributed by atoms with van der Waals surface area (Å²) in [4.78, 5) is 36.2. The van der Waals surface area contributed by atoms with Gasteiger partial charge in [0, 0.05) is 19.3 Å². The summed E-state index contributed by atoms with van der Waals surface area (Å²) in [7, 11) is 0. The minimum absolute atomic E-state index is 0.185. The summed E-state index contributed by atoms with van der Waals surface area (Å²) in [5.41, 5.74) is 0. The quantitative estimate of drug-likeness (QED) is 0.206. The molecule has 162 valence electrons. The van der Waals surface area contributed by atoms with Crippen molar-refractivity contribution in [3.8, 4) is 0 Å². The first-order chi connectivity index (χ1) is 13.2. The highest BCUT2D eigenvalue weighted by molar-refractivity contribution is 5.78. The molecule has 3 atom stereocenters. The van der Waals surface area contributed by atoms with Crippen LogP contribution in [0.2, 0.25) is 0 Å². The Balaban J connectivity index is 5.93. The second-order valence-electron chi connectivity index (χ2n) is 7.28. The van der Waals surface area contributed by atoms with Crippen molar-refractivity contribution in [2.75, 3.05) is 6.54 Å². The van der Waals surface area contributed by atoms with Crippen LogP contribution >= 0.6 is 0 Å². The van der Waals surface area contributed by atoms with Gasteiger partial charge in [-0.05, 0) is 32.6 Å². The lowest BCUT2D eigenvalue weighted by Crippen LogP contribution is -2.72. The van der Waals surface area contributed by atoms with Gasteiger partial charge in [-0.15, -0.1) is 0 Å². The minimum Gasteiger partial charge on any atom is -0.477 e. The van der Waals surface area contributed by atoms with Crippen LogP contribution in [0.25, 0.3) is 0 Å². The van der Waals surface area contributed by atoms with Crippen LogP contribution in [-0.2, 0) is 14.4 Å². The number of carbonyl (C=O) groups is 3. The molecule has 0 radical (unpaired) electrons. The molecular formula is C21H38NO6+. The second-order valence-corrected chi connectivity index (χ2v) is 7.28. The Morgan fingerprint density at radius 1 is 0.750 bits per heavy atom. The van der Waals surface area contributed by atoms with Crippen LogP contribution in [0.15, 0.2) is 12.2 Å². The van der Waals surface area contributed by atoms with Gasteiger partial charge in [-0.3, -0.25) is 4.48 Å². The van der Waals surface area contributed by atoms with Crippen LogP contribution in [-0.4, -0.2) is 62.4 Å². The van der Waals surface area contributed by atoms with E-state index < -0.39 is 40.5 Å². The predicted molar refractivity (Wildman–Crippen MR) is 108 cm³/mol. The van der Waals surface area contributed by atoms with Gasteiger partial charge in [0.2, 0.25) is 0 Å². The summed E-state index contributed by atoms with van der Waals surface area (Å²) in [6.45, 7) is 7.27. The molecule has 7 heteroatoms. The van der Waals surface area contributed by atoms with Crippen molar-refractivity contribution in [2.45, 2.75) is 97.2 Å². The zero-order valence-electron chi connectivity index (χ0n) is 17.8. The first kappa shape index (κ1) is 26.1. The molecule has 3 N–H and O–H groups in total. The molecule has 0 aliphatic carbocycles. The molecule has 0 amide bonds. The van der Waals surface area contributed by atoms with E-state index >= 15 is 0 Å². The van der Waals surface area contributed by atoms with E-state index in [1.807, 2.05) is 13.0 Å². The van der Waals surface area contributed by atoms with Crippen LogP contribution in [0.3, 0.4) is 0 Å². The number of aliphatic carboxylic acids is 3. The maximum Gasteiger partial charge on any atom is 0.362 e. The van der Waals surface area contributed by atoms with Crippen molar-refractivity contribution in [1.82, 2.24) is 0 Å². The van der Waals surface area contributed by atoms with Gasteiger partial charge >= 0.3 is 17.9 Å². The van der Waals surface area contributed by atoms with Gasteiger partial charge in [-0.2, -0.15) is 0 Å². The Kier molecular flexibility index (Phi) is 12.4. The Hall–Kier alpha value is -1.89. The van der Waals surface area contributed by atoms with Gasteiger partial charge in [-0.25, -0.2) is 14.4 Å². The van der Waals surface area contributed by atoms with E-state index in [4.69, 9.17) is 0 Å². The van der Waals surface area contributed by atoms with Crippen molar-refractivity contribution in [3.05, 3.63) is 12.2 Å². The van der Waals surface area contributed by atoms with Crippen LogP contribution in [0.4, 0.5) is 0 Å². The average Bonchev–Trinajstić information content (AvgIpc) is 2.61. The minimum atomic E-state index is -1.13. The Bertz CT molecular complexity index is 476. The maximum absolute atomic E-state index is 12.1. The highest BCUT2D eigenvalue weighted by Gasteiger charge is 2.55. The summed E-state index contributed by atoms with van der Waals surface area (Å²) in [6.07, 6.45) is 8.99. The largest absolute Gasteiger partial charge is 0.477 e. The number of carboxylic acid groups (broad SMARTS) is 3. The van der Waals surface area contributed by atoms with Crippen LogP contribution in [0.5, 0.6) is 0 Å². The molecule has 3 unspecified atom stereocenters. The van der Waals surface area contributed by atoms with E-state index in [-0.39, 0.29) is 25.8 Å². The molecule has 0 spiro atoms. The molecule has 28 heavy (non-hydrogen) atoms. The van der Waals surface area contributed by atoms with Gasteiger partial charge in [-0.1, -0.05) is 39.3 Å². The Morgan fingerprint density at radius 3 is 1.46 bits per heavy atom. The van der Waals surface area contributed by atoms with Gasteiger partial charge in [0.1, 0.15) is 0 Å². The lowest BCUT2D eigenvalue weighted by Gasteiger charge is -2.49. The first-order valence-corrected chi connectivity index (χ1v) is 10.4. The lowest BCUT2D eigenvalue weighted by atomic mass is 9.94. The molecule has 0 aromatic rings. The van der Waals surface area contributed by atoms with E-state index in [2.05, 4.69) is 6.08 Å². The van der Waals surface area contributed by atoms with E-state index in [1.54, 1.807) is 20.8 Å². The Morgan fingerprint density at radius 2 is 1.14 bits per heavy atom. The standard InChI is InChI=1S/C21H37NO6/c1-5-9-10-11-12-13-14-15-22(16(6-2)19(23)24,17(7-3)20(25)26)18(8-4)21(27)28/h5,9,16-18H,6-8,10-15H2,1-4H3,(H2-,23,24,25,26,27,28)/p+1/b9-5+. The summed E-state index contributed by atoms with van der Waals surface area (Å²) in [5, 5.41) is 29.6. The fourth-order valence-corrected chi connectivity index (χ4v) is 4.45. The zero-order valence-corrected chi connectivity index (χ0v) is 17.8. The number of hydrogen-bond acceptors (Lipinski definition) is 3. The number of carboxylic acids is 3. The summed E-state index contributed by atoms with van der Waals surface area (Å²) < 4.78 is -0.418. The molecule has 0 fully saturated rings. The summed E-state index contributed by atoms with van der Waals surface area (Å²) >= 11 is 0. The van der Waals surface area contributed by atoms with Crippen molar-refractivity contribution >= 4 is 17.9 Å². The predicted octanol–water partition coefficient (Wildman–Crippen LogP) is 3.92. The average molecular weight is 401 g/mol. The number of nitrogens with zero attached hydrogens (tertiary/aromatic N) is 1. The molecule has 0 saturated carbocycles. The molecule has 0 saturated heterocycles. The van der Waals surface area contributed by atoms with E-state index in [0.29, 0.717) is 6.42 Å². The van der Waals surface area contributed by atoms with Crippen LogP contribution < -0.4 is 0 Å². The molecule has 0 aromatic heterocycles. The fourth-order valence-electron chi connectivity index (χ4n) is 4.45. The van der Waals surface area contributed by atoms with Crippen LogP contribution in [0, 0.1) is 0 Å². The van der Waals surface area contributed by atoms with E-state index in [9.17, 15) is 29.7 Å². The zero-order chi connectivity index (χ0) is 21.7. The van der Waals surface area contributed by atoms with Gasteiger partial charge in [0.05, 0.1) is 6.54 Å². The normalized spacial score (nSPS) is 17.0. The second kappa shape index (κ2) is 13.3. The summed E-state index contributed by atoms with van der Waals surface area (Å²) in [6, 6.07) is -3.19. The smallest absolute Gasteiger partial charge is 0.362 e. The number of hydrogen-bond donors (Lipinski definition) is 3. The lowest BCUT2D eigenvalue weighted by molar-refractivity contribution is -0.973. The highest BCUT2D eigenvalue weighted by Crippen LogP contribution is 2.32. The number of allylic oxidation sites excluding steroid dienone is 2. The molecule has 7 nitrogen and oxygen atoms in total. The molecular weight excluding hydrogens is 362 g/mol. The molecule has 0 aliphatic rings. The van der Waals surface area contributed by atoms with Crippen molar-refractivity contribution in [1.29, 1.82) is 0 Å².